The van der Waals surface area contributed by atoms with E-state index in [0.29, 0.717) is 18.9 Å². The van der Waals surface area contributed by atoms with Gasteiger partial charge in [0.05, 0.1) is 0 Å². The molecule has 1 saturated heterocycles. The number of hydrogen-bond donors (Lipinski definition) is 1. The third kappa shape index (κ3) is 4.12. The summed E-state index contributed by atoms with van der Waals surface area (Å²) in [5.74, 6) is 1.61. The van der Waals surface area contributed by atoms with Gasteiger partial charge in [-0.3, -0.25) is 4.79 Å². The number of carbonyl (C=O) groups is 1. The van der Waals surface area contributed by atoms with Gasteiger partial charge in [0.15, 0.2) is 0 Å². The SMILES string of the molecule is Cc1nccn1CCC(=O)NCC1CCN(c2ccccc2)C1. The summed E-state index contributed by atoms with van der Waals surface area (Å²) in [7, 11) is 0. The Morgan fingerprint density at radius 3 is 2.91 bits per heavy atom. The average molecular weight is 312 g/mol. The van der Waals surface area contributed by atoms with Crippen LogP contribution in [-0.2, 0) is 11.3 Å². The summed E-state index contributed by atoms with van der Waals surface area (Å²) in [6, 6.07) is 10.5. The third-order valence-electron chi connectivity index (χ3n) is 4.50. The Kier molecular flexibility index (Phi) is 4.95. The lowest BCUT2D eigenvalue weighted by Gasteiger charge is -2.18. The van der Waals surface area contributed by atoms with Gasteiger partial charge in [-0.25, -0.2) is 4.98 Å². The van der Waals surface area contributed by atoms with Gasteiger partial charge in [0.2, 0.25) is 5.91 Å². The Hall–Kier alpha value is -2.30. The molecule has 23 heavy (non-hydrogen) atoms. The van der Waals surface area contributed by atoms with E-state index in [-0.39, 0.29) is 5.91 Å². The minimum absolute atomic E-state index is 0.122. The Morgan fingerprint density at radius 2 is 2.17 bits per heavy atom. The molecule has 1 N–H and O–H groups in total. The number of para-hydroxylation sites is 1. The number of imidazole rings is 1. The molecule has 1 aliphatic rings. The minimum Gasteiger partial charge on any atom is -0.371 e. The maximum absolute atomic E-state index is 12.0. The second-order valence-corrected chi connectivity index (χ2v) is 6.16. The maximum Gasteiger partial charge on any atom is 0.221 e. The first-order chi connectivity index (χ1) is 11.2. The van der Waals surface area contributed by atoms with Crippen LogP contribution in [0.15, 0.2) is 42.7 Å². The monoisotopic (exact) mass is 312 g/mol. The zero-order chi connectivity index (χ0) is 16.1. The summed E-state index contributed by atoms with van der Waals surface area (Å²) >= 11 is 0. The second kappa shape index (κ2) is 7.31. The number of aromatic nitrogens is 2. The van der Waals surface area contributed by atoms with E-state index < -0.39 is 0 Å². The second-order valence-electron chi connectivity index (χ2n) is 6.16. The van der Waals surface area contributed by atoms with E-state index in [1.807, 2.05) is 23.8 Å². The Bertz CT molecular complexity index is 637. The molecule has 5 nitrogen and oxygen atoms in total. The van der Waals surface area contributed by atoms with Crippen molar-refractivity contribution in [3.05, 3.63) is 48.5 Å². The summed E-state index contributed by atoms with van der Waals surface area (Å²) < 4.78 is 2.01. The van der Waals surface area contributed by atoms with Crippen LogP contribution in [0.5, 0.6) is 0 Å². The lowest BCUT2D eigenvalue weighted by atomic mass is 10.1. The van der Waals surface area contributed by atoms with Crippen molar-refractivity contribution in [1.29, 1.82) is 0 Å². The lowest BCUT2D eigenvalue weighted by Crippen LogP contribution is -2.31. The van der Waals surface area contributed by atoms with Crippen molar-refractivity contribution < 1.29 is 4.79 Å². The standard InChI is InChI=1S/C18H24N4O/c1-15-19-9-12-21(15)11-8-18(23)20-13-16-7-10-22(14-16)17-5-3-2-4-6-17/h2-6,9,12,16H,7-8,10-11,13-14H2,1H3,(H,20,23). The highest BCUT2D eigenvalue weighted by atomic mass is 16.1. The molecule has 1 unspecified atom stereocenters. The average Bonchev–Trinajstić information content (AvgIpc) is 3.21. The van der Waals surface area contributed by atoms with Crippen LogP contribution >= 0.6 is 0 Å². The van der Waals surface area contributed by atoms with Crippen molar-refractivity contribution in [2.45, 2.75) is 26.3 Å². The Balaban J connectivity index is 1.39. The van der Waals surface area contributed by atoms with E-state index >= 15 is 0 Å². The van der Waals surface area contributed by atoms with Gasteiger partial charge in [0.25, 0.3) is 0 Å². The van der Waals surface area contributed by atoms with Gasteiger partial charge in [-0.2, -0.15) is 0 Å². The first-order valence-electron chi connectivity index (χ1n) is 8.27. The summed E-state index contributed by atoms with van der Waals surface area (Å²) in [6.07, 6.45) is 5.32. The summed E-state index contributed by atoms with van der Waals surface area (Å²) in [5, 5.41) is 3.08. The van der Waals surface area contributed by atoms with Gasteiger partial charge in [-0.1, -0.05) is 18.2 Å². The normalized spacial score (nSPS) is 17.4. The van der Waals surface area contributed by atoms with Crippen LogP contribution in [0.4, 0.5) is 5.69 Å². The van der Waals surface area contributed by atoms with Crippen LogP contribution in [-0.4, -0.2) is 35.1 Å². The molecule has 0 aliphatic carbocycles. The number of rotatable bonds is 6. The summed E-state index contributed by atoms with van der Waals surface area (Å²) in [6.45, 7) is 5.50. The van der Waals surface area contributed by atoms with Gasteiger partial charge in [0, 0.05) is 50.7 Å². The smallest absolute Gasteiger partial charge is 0.221 e. The third-order valence-corrected chi connectivity index (χ3v) is 4.50. The Morgan fingerprint density at radius 1 is 1.35 bits per heavy atom. The number of carbonyl (C=O) groups excluding carboxylic acids is 1. The molecule has 1 aromatic heterocycles. The van der Waals surface area contributed by atoms with Crippen molar-refractivity contribution in [1.82, 2.24) is 14.9 Å². The molecular formula is C18H24N4O. The maximum atomic E-state index is 12.0. The van der Waals surface area contributed by atoms with E-state index in [1.165, 1.54) is 5.69 Å². The predicted molar refractivity (Wildman–Crippen MR) is 91.4 cm³/mol. The van der Waals surface area contributed by atoms with Gasteiger partial charge in [-0.05, 0) is 31.4 Å². The molecular weight excluding hydrogens is 288 g/mol. The first-order valence-corrected chi connectivity index (χ1v) is 8.27. The van der Waals surface area contributed by atoms with Crippen molar-refractivity contribution in [3.63, 3.8) is 0 Å². The number of aryl methyl sites for hydroxylation is 2. The molecule has 2 aromatic rings. The fourth-order valence-electron chi connectivity index (χ4n) is 3.08. The molecule has 1 aromatic carbocycles. The summed E-state index contributed by atoms with van der Waals surface area (Å²) in [4.78, 5) is 18.6. The zero-order valence-electron chi connectivity index (χ0n) is 13.6. The molecule has 3 rings (SSSR count). The molecule has 1 fully saturated rings. The number of anilines is 1. The van der Waals surface area contributed by atoms with Gasteiger partial charge < -0.3 is 14.8 Å². The fourth-order valence-corrected chi connectivity index (χ4v) is 3.08. The van der Waals surface area contributed by atoms with E-state index in [4.69, 9.17) is 0 Å². The van der Waals surface area contributed by atoms with E-state index in [1.54, 1.807) is 6.20 Å². The number of nitrogens with zero attached hydrogens (tertiary/aromatic N) is 3. The molecule has 0 bridgehead atoms. The molecule has 122 valence electrons. The molecule has 1 aliphatic heterocycles. The molecule has 1 amide bonds. The number of nitrogens with one attached hydrogen (secondary N) is 1. The highest BCUT2D eigenvalue weighted by Crippen LogP contribution is 2.22. The van der Waals surface area contributed by atoms with Crippen molar-refractivity contribution in [2.24, 2.45) is 5.92 Å². The zero-order valence-corrected chi connectivity index (χ0v) is 13.6. The van der Waals surface area contributed by atoms with Crippen LogP contribution in [0.25, 0.3) is 0 Å². The van der Waals surface area contributed by atoms with E-state index in [0.717, 1.165) is 31.9 Å². The Labute approximate surface area is 137 Å². The van der Waals surface area contributed by atoms with E-state index in [9.17, 15) is 4.79 Å². The van der Waals surface area contributed by atoms with Crippen LogP contribution in [0.1, 0.15) is 18.7 Å². The number of hydrogen-bond acceptors (Lipinski definition) is 3. The number of benzene rings is 1. The quantitative estimate of drug-likeness (QED) is 0.890. The van der Waals surface area contributed by atoms with Crippen LogP contribution in [0.3, 0.4) is 0 Å². The fraction of sp³-hybridized carbons (Fsp3) is 0.444. The topological polar surface area (TPSA) is 50.2 Å². The van der Waals surface area contributed by atoms with Crippen LogP contribution < -0.4 is 10.2 Å². The van der Waals surface area contributed by atoms with Gasteiger partial charge >= 0.3 is 0 Å². The van der Waals surface area contributed by atoms with Gasteiger partial charge in [-0.15, -0.1) is 0 Å². The minimum atomic E-state index is 0.122. The predicted octanol–water partition coefficient (Wildman–Crippen LogP) is 2.22. The molecule has 0 radical (unpaired) electrons. The summed E-state index contributed by atoms with van der Waals surface area (Å²) in [5.41, 5.74) is 1.27. The molecule has 0 saturated carbocycles. The van der Waals surface area contributed by atoms with Crippen molar-refractivity contribution >= 4 is 11.6 Å². The molecule has 5 heteroatoms. The highest BCUT2D eigenvalue weighted by Gasteiger charge is 2.22. The molecule has 2 heterocycles. The van der Waals surface area contributed by atoms with Gasteiger partial charge in [0.1, 0.15) is 5.82 Å². The van der Waals surface area contributed by atoms with Crippen LogP contribution in [0.2, 0.25) is 0 Å². The van der Waals surface area contributed by atoms with Crippen LogP contribution in [0, 0.1) is 12.8 Å². The highest BCUT2D eigenvalue weighted by molar-refractivity contribution is 5.75. The molecule has 0 spiro atoms. The van der Waals surface area contributed by atoms with Crippen molar-refractivity contribution in [2.75, 3.05) is 24.5 Å². The van der Waals surface area contributed by atoms with E-state index in [2.05, 4.69) is 39.5 Å². The number of amides is 1. The molecule has 1 atom stereocenters. The first kappa shape index (κ1) is 15.6. The lowest BCUT2D eigenvalue weighted by molar-refractivity contribution is -0.121. The largest absolute Gasteiger partial charge is 0.371 e. The van der Waals surface area contributed by atoms with Crippen molar-refractivity contribution in [3.8, 4) is 0 Å².